The largest absolute Gasteiger partial charge is 0.338 e. The fourth-order valence-electron chi connectivity index (χ4n) is 1.48. The van der Waals surface area contributed by atoms with E-state index in [-0.39, 0.29) is 11.4 Å². The number of hydrogen-bond acceptors (Lipinski definition) is 1. The Hall–Kier alpha value is -1.51. The van der Waals surface area contributed by atoms with Crippen LogP contribution in [0.4, 0.5) is 4.79 Å². The van der Waals surface area contributed by atoms with Crippen molar-refractivity contribution in [1.82, 2.24) is 10.6 Å². The Bertz CT molecular complexity index is 376. The van der Waals surface area contributed by atoms with Crippen LogP contribution in [0.2, 0.25) is 0 Å². The minimum Gasteiger partial charge on any atom is -0.338 e. The molecule has 0 saturated heterocycles. The molecule has 3 heteroatoms. The maximum atomic E-state index is 11.6. The number of carbonyl (C=O) groups excluding carboxylic acids is 1. The minimum absolute atomic E-state index is 0.107. The average Bonchev–Trinajstić information content (AvgIpc) is 2.33. The second-order valence-electron chi connectivity index (χ2n) is 5.77. The van der Waals surface area contributed by atoms with E-state index in [9.17, 15) is 4.79 Å². The Morgan fingerprint density at radius 2 is 1.61 bits per heavy atom. The standard InChI is InChI=1S/C15H24N2O/c1-5-12-6-8-13(9-7-12)10-16-14(18)17-11-15(2,3)4/h6-9H,5,10-11H2,1-4H3,(H2,16,17,18). The molecule has 0 atom stereocenters. The lowest BCUT2D eigenvalue weighted by Gasteiger charge is -2.18. The van der Waals surface area contributed by atoms with Crippen LogP contribution in [0.5, 0.6) is 0 Å². The molecule has 0 aliphatic carbocycles. The highest BCUT2D eigenvalue weighted by molar-refractivity contribution is 5.73. The van der Waals surface area contributed by atoms with Crippen LogP contribution in [0, 0.1) is 5.41 Å². The number of hydrogen-bond donors (Lipinski definition) is 2. The first-order chi connectivity index (χ1) is 8.40. The maximum Gasteiger partial charge on any atom is 0.315 e. The van der Waals surface area contributed by atoms with Crippen molar-refractivity contribution < 1.29 is 4.79 Å². The Kier molecular flexibility index (Phi) is 5.20. The lowest BCUT2D eigenvalue weighted by molar-refractivity contribution is 0.235. The van der Waals surface area contributed by atoms with E-state index in [2.05, 4.69) is 62.6 Å². The van der Waals surface area contributed by atoms with Crippen LogP contribution in [0.3, 0.4) is 0 Å². The molecule has 0 spiro atoms. The molecule has 0 heterocycles. The predicted octanol–water partition coefficient (Wildman–Crippen LogP) is 3.09. The van der Waals surface area contributed by atoms with Crippen LogP contribution in [0.1, 0.15) is 38.8 Å². The first-order valence-corrected chi connectivity index (χ1v) is 6.50. The van der Waals surface area contributed by atoms with Crippen molar-refractivity contribution in [2.75, 3.05) is 6.54 Å². The quantitative estimate of drug-likeness (QED) is 0.844. The summed E-state index contributed by atoms with van der Waals surface area (Å²) in [7, 11) is 0. The molecule has 1 rings (SSSR count). The van der Waals surface area contributed by atoms with E-state index in [0.29, 0.717) is 13.1 Å². The Morgan fingerprint density at radius 3 is 2.11 bits per heavy atom. The molecule has 0 aliphatic rings. The van der Waals surface area contributed by atoms with E-state index in [1.165, 1.54) is 5.56 Å². The van der Waals surface area contributed by atoms with Gasteiger partial charge in [-0.25, -0.2) is 4.79 Å². The zero-order chi connectivity index (χ0) is 13.6. The van der Waals surface area contributed by atoms with E-state index in [1.54, 1.807) is 0 Å². The molecule has 100 valence electrons. The van der Waals surface area contributed by atoms with Gasteiger partial charge in [-0.05, 0) is 23.0 Å². The summed E-state index contributed by atoms with van der Waals surface area (Å²) in [4.78, 5) is 11.6. The number of aryl methyl sites for hydroxylation is 1. The summed E-state index contributed by atoms with van der Waals surface area (Å²) in [5.74, 6) is 0. The number of carbonyl (C=O) groups is 1. The van der Waals surface area contributed by atoms with Crippen molar-refractivity contribution >= 4 is 6.03 Å². The molecule has 0 saturated carbocycles. The molecule has 0 aromatic heterocycles. The molecule has 0 bridgehead atoms. The van der Waals surface area contributed by atoms with Gasteiger partial charge < -0.3 is 10.6 Å². The van der Waals surface area contributed by atoms with E-state index in [0.717, 1.165) is 12.0 Å². The molecular weight excluding hydrogens is 224 g/mol. The van der Waals surface area contributed by atoms with Crippen LogP contribution in [0.25, 0.3) is 0 Å². The third kappa shape index (κ3) is 5.71. The highest BCUT2D eigenvalue weighted by Gasteiger charge is 2.11. The van der Waals surface area contributed by atoms with Gasteiger partial charge in [-0.3, -0.25) is 0 Å². The molecule has 1 aromatic rings. The number of rotatable bonds is 4. The molecule has 0 aliphatic heterocycles. The molecule has 0 unspecified atom stereocenters. The monoisotopic (exact) mass is 248 g/mol. The second kappa shape index (κ2) is 6.43. The summed E-state index contributed by atoms with van der Waals surface area (Å²) in [5.41, 5.74) is 2.55. The van der Waals surface area contributed by atoms with Crippen molar-refractivity contribution in [1.29, 1.82) is 0 Å². The molecule has 18 heavy (non-hydrogen) atoms. The molecule has 0 fully saturated rings. The van der Waals surface area contributed by atoms with E-state index in [4.69, 9.17) is 0 Å². The minimum atomic E-state index is -0.107. The summed E-state index contributed by atoms with van der Waals surface area (Å²) in [6, 6.07) is 8.21. The summed E-state index contributed by atoms with van der Waals surface area (Å²) in [6.45, 7) is 9.66. The maximum absolute atomic E-state index is 11.6. The third-order valence-corrected chi connectivity index (χ3v) is 2.66. The van der Waals surface area contributed by atoms with Gasteiger partial charge in [0.15, 0.2) is 0 Å². The second-order valence-corrected chi connectivity index (χ2v) is 5.77. The van der Waals surface area contributed by atoms with Crippen molar-refractivity contribution in [3.05, 3.63) is 35.4 Å². The first kappa shape index (κ1) is 14.6. The summed E-state index contributed by atoms with van der Waals surface area (Å²) in [5, 5.41) is 5.72. The molecule has 2 N–H and O–H groups in total. The van der Waals surface area contributed by atoms with Crippen LogP contribution in [0.15, 0.2) is 24.3 Å². The van der Waals surface area contributed by atoms with Crippen LogP contribution in [-0.4, -0.2) is 12.6 Å². The highest BCUT2D eigenvalue weighted by atomic mass is 16.2. The summed E-state index contributed by atoms with van der Waals surface area (Å²) >= 11 is 0. The average molecular weight is 248 g/mol. The number of amides is 2. The van der Waals surface area contributed by atoms with Gasteiger partial charge in [-0.1, -0.05) is 52.0 Å². The lowest BCUT2D eigenvalue weighted by atomic mass is 9.97. The lowest BCUT2D eigenvalue weighted by Crippen LogP contribution is -2.39. The summed E-state index contributed by atoms with van der Waals surface area (Å²) in [6.07, 6.45) is 1.04. The van der Waals surface area contributed by atoms with Gasteiger partial charge in [0.1, 0.15) is 0 Å². The van der Waals surface area contributed by atoms with Gasteiger partial charge in [0.05, 0.1) is 0 Å². The topological polar surface area (TPSA) is 41.1 Å². The van der Waals surface area contributed by atoms with Crippen LogP contribution < -0.4 is 10.6 Å². The Balaban J connectivity index is 2.33. The smallest absolute Gasteiger partial charge is 0.315 e. The normalized spacial score (nSPS) is 11.1. The fourth-order valence-corrected chi connectivity index (χ4v) is 1.48. The van der Waals surface area contributed by atoms with Crippen molar-refractivity contribution in [3.8, 4) is 0 Å². The highest BCUT2D eigenvalue weighted by Crippen LogP contribution is 2.10. The van der Waals surface area contributed by atoms with E-state index < -0.39 is 0 Å². The summed E-state index contributed by atoms with van der Waals surface area (Å²) < 4.78 is 0. The molecule has 0 radical (unpaired) electrons. The zero-order valence-electron chi connectivity index (χ0n) is 11.8. The van der Waals surface area contributed by atoms with E-state index in [1.807, 2.05) is 0 Å². The third-order valence-electron chi connectivity index (χ3n) is 2.66. The zero-order valence-corrected chi connectivity index (χ0v) is 11.8. The molecule has 1 aromatic carbocycles. The molecule has 2 amide bonds. The van der Waals surface area contributed by atoms with Crippen molar-refractivity contribution in [3.63, 3.8) is 0 Å². The Morgan fingerprint density at radius 1 is 1.06 bits per heavy atom. The van der Waals surface area contributed by atoms with Crippen molar-refractivity contribution in [2.45, 2.75) is 40.7 Å². The predicted molar refractivity (Wildman–Crippen MR) is 75.5 cm³/mol. The van der Waals surface area contributed by atoms with Gasteiger partial charge in [-0.15, -0.1) is 0 Å². The number of urea groups is 1. The molecule has 3 nitrogen and oxygen atoms in total. The Labute approximate surface area is 110 Å². The van der Waals surface area contributed by atoms with Gasteiger partial charge in [0, 0.05) is 13.1 Å². The number of benzene rings is 1. The molecular formula is C15H24N2O. The SMILES string of the molecule is CCc1ccc(CNC(=O)NCC(C)(C)C)cc1. The van der Waals surface area contributed by atoms with Crippen molar-refractivity contribution in [2.24, 2.45) is 5.41 Å². The van der Waals surface area contributed by atoms with Gasteiger partial charge in [-0.2, -0.15) is 0 Å². The van der Waals surface area contributed by atoms with Crippen LogP contribution in [-0.2, 0) is 13.0 Å². The van der Waals surface area contributed by atoms with Gasteiger partial charge in [0.2, 0.25) is 0 Å². The first-order valence-electron chi connectivity index (χ1n) is 6.50. The van der Waals surface area contributed by atoms with E-state index >= 15 is 0 Å². The fraction of sp³-hybridized carbons (Fsp3) is 0.533. The van der Waals surface area contributed by atoms with Gasteiger partial charge in [0.25, 0.3) is 0 Å². The van der Waals surface area contributed by atoms with Crippen LogP contribution >= 0.6 is 0 Å². The van der Waals surface area contributed by atoms with Gasteiger partial charge >= 0.3 is 6.03 Å². The number of nitrogens with one attached hydrogen (secondary N) is 2.